The van der Waals surface area contributed by atoms with Crippen LogP contribution in [0.1, 0.15) is 10.4 Å². The van der Waals surface area contributed by atoms with Gasteiger partial charge >= 0.3 is 127 Å². The molecule has 120 valence electrons. The van der Waals surface area contributed by atoms with Gasteiger partial charge in [0.15, 0.2) is 0 Å². The molecule has 0 unspecified atom stereocenters. The normalized spacial score (nSPS) is 18.9. The second-order valence-electron chi connectivity index (χ2n) is 4.05. The van der Waals surface area contributed by atoms with E-state index in [4.69, 9.17) is 3.07 Å². The Bertz CT molecular complexity index is 651. The number of carbonyl (C=O) groups is 4. The number of fused-ring (bicyclic) bond motifs is 1. The van der Waals surface area contributed by atoms with E-state index in [0.29, 0.717) is 0 Å². The Morgan fingerprint density at radius 2 is 1.36 bits per heavy atom. The predicted octanol–water partition coefficient (Wildman–Crippen LogP) is 2.82. The van der Waals surface area contributed by atoms with E-state index in [1.165, 1.54) is 24.3 Å². The number of hydrogen-bond donors (Lipinski definition) is 0. The fraction of sp³-hybridized carbons (Fsp3) is 0.231. The maximum atomic E-state index is 12.5. The van der Waals surface area contributed by atoms with Gasteiger partial charge < -0.3 is 0 Å². The van der Waals surface area contributed by atoms with Crippen molar-refractivity contribution in [2.75, 3.05) is 21.3 Å². The van der Waals surface area contributed by atoms with E-state index >= 15 is 0 Å². The molecule has 0 aliphatic carbocycles. The van der Waals surface area contributed by atoms with Crippen molar-refractivity contribution < 1.29 is 36.5 Å². The van der Waals surface area contributed by atoms with E-state index in [9.17, 15) is 19.2 Å². The molecule has 1 aromatic carbocycles. The van der Waals surface area contributed by atoms with Crippen LogP contribution in [0, 0.1) is 3.57 Å². The van der Waals surface area contributed by atoms with Gasteiger partial charge in [-0.1, -0.05) is 0 Å². The molecule has 2 rings (SSSR count). The van der Waals surface area contributed by atoms with Crippen molar-refractivity contribution in [3.8, 4) is 0 Å². The molecule has 0 N–H and O–H groups in total. The molecule has 0 spiro atoms. The molecular weight excluding hydrogens is 411 g/mol. The van der Waals surface area contributed by atoms with E-state index in [2.05, 4.69) is 14.2 Å². The third kappa shape index (κ3) is 1.56. The number of ether oxygens (including phenoxy) is 3. The Hall–Kier alpha value is -2.17. The molecule has 1 aromatic rings. The third-order valence-electron chi connectivity index (χ3n) is 3.07. The van der Waals surface area contributed by atoms with Gasteiger partial charge in [0.05, 0.1) is 0 Å². The Morgan fingerprint density at radius 1 is 0.909 bits per heavy atom. The molecule has 0 atom stereocenters. The van der Waals surface area contributed by atoms with Crippen LogP contribution in [0.15, 0.2) is 24.3 Å². The summed E-state index contributed by atoms with van der Waals surface area (Å²) < 4.78 is 15.3. The number of carbonyl (C=O) groups excluding carboxylic acids is 4. The zero-order chi connectivity index (χ0) is 16.6. The molecule has 0 radical (unpaired) electrons. The minimum absolute atomic E-state index is 0.0576. The predicted molar refractivity (Wildman–Crippen MR) is 81.8 cm³/mol. The van der Waals surface area contributed by atoms with Crippen LogP contribution < -0.4 is 0 Å². The third-order valence-corrected chi connectivity index (χ3v) is 13.9. The minimum atomic E-state index is -6.22. The summed E-state index contributed by atoms with van der Waals surface area (Å²) in [6, 6.07) is 5.63. The van der Waals surface area contributed by atoms with Gasteiger partial charge in [-0.25, -0.2) is 0 Å². The monoisotopic (exact) mass is 424 g/mol. The van der Waals surface area contributed by atoms with E-state index in [0.717, 1.165) is 21.3 Å². The van der Waals surface area contributed by atoms with Crippen LogP contribution in [-0.2, 0) is 17.3 Å². The van der Waals surface area contributed by atoms with Crippen molar-refractivity contribution in [1.29, 1.82) is 0 Å². The van der Waals surface area contributed by atoms with Crippen molar-refractivity contribution in [3.05, 3.63) is 33.4 Å². The average molecular weight is 424 g/mol. The molecule has 1 aliphatic rings. The number of rotatable bonds is 3. The first-order valence-electron chi connectivity index (χ1n) is 5.85. The Labute approximate surface area is 126 Å². The van der Waals surface area contributed by atoms with Gasteiger partial charge in [0.1, 0.15) is 0 Å². The van der Waals surface area contributed by atoms with Crippen molar-refractivity contribution in [2.45, 2.75) is 0 Å². The summed E-state index contributed by atoms with van der Waals surface area (Å²) in [6.45, 7) is 0. The Morgan fingerprint density at radius 3 is 1.82 bits per heavy atom. The van der Waals surface area contributed by atoms with Gasteiger partial charge in [-0.15, -0.1) is 0 Å². The van der Waals surface area contributed by atoms with Crippen LogP contribution in [0.5, 0.6) is 0 Å². The topological polar surface area (TPSA) is 105 Å². The number of methoxy groups -OCH3 is 3. The van der Waals surface area contributed by atoms with Gasteiger partial charge in [0.25, 0.3) is 0 Å². The second-order valence-corrected chi connectivity index (χ2v) is 13.3. The average Bonchev–Trinajstić information content (AvgIpc) is 2.84. The first kappa shape index (κ1) is 16.2. The number of halogens is 1. The summed E-state index contributed by atoms with van der Waals surface area (Å²) in [7, 11) is 2.95. The zero-order valence-electron chi connectivity index (χ0n) is 12.0. The Kier molecular flexibility index (Phi) is 3.85. The van der Waals surface area contributed by atoms with Crippen LogP contribution >= 0.6 is 17.5 Å². The van der Waals surface area contributed by atoms with Gasteiger partial charge in [0.2, 0.25) is 0 Å². The van der Waals surface area contributed by atoms with Gasteiger partial charge in [-0.3, -0.25) is 0 Å². The maximum absolute atomic E-state index is 12.5. The standard InChI is InChI=1S/C13H13IO8/c1-19-11(16)14(12(17)20-2,13(18)21-3)9-7-5-4-6-8(9)10(15)22-14/h4-7H,1-3H3. The SMILES string of the molecule is COC(=O)I1(C(=O)OC)(C(=O)OC)OC(=O)c2ccccc21. The Balaban J connectivity index is 3.02. The molecule has 8 nitrogen and oxygen atoms in total. The quantitative estimate of drug-likeness (QED) is 0.415. The number of hydrogen-bond acceptors (Lipinski definition) is 8. The van der Waals surface area contributed by atoms with Crippen molar-refractivity contribution in [1.82, 2.24) is 0 Å². The summed E-state index contributed by atoms with van der Waals surface area (Å²) in [5.74, 6) is -0.967. The van der Waals surface area contributed by atoms with Crippen LogP contribution in [0.3, 0.4) is 0 Å². The van der Waals surface area contributed by atoms with Crippen LogP contribution in [0.2, 0.25) is 0 Å². The van der Waals surface area contributed by atoms with Gasteiger partial charge in [-0.05, 0) is 0 Å². The summed E-state index contributed by atoms with van der Waals surface area (Å²) in [6.07, 6.45) is 0. The van der Waals surface area contributed by atoms with Crippen LogP contribution in [-0.4, -0.2) is 39.2 Å². The van der Waals surface area contributed by atoms with Gasteiger partial charge in [0, 0.05) is 0 Å². The molecule has 0 amide bonds. The molecule has 0 saturated carbocycles. The van der Waals surface area contributed by atoms with E-state index in [1.807, 2.05) is 0 Å². The first-order valence-corrected chi connectivity index (χ1v) is 11.0. The van der Waals surface area contributed by atoms with E-state index in [1.54, 1.807) is 0 Å². The van der Waals surface area contributed by atoms with Crippen LogP contribution in [0.25, 0.3) is 0 Å². The molecule has 0 saturated heterocycles. The zero-order valence-corrected chi connectivity index (χ0v) is 14.1. The molecule has 9 heteroatoms. The molecule has 1 heterocycles. The molecular formula is C13H13IO8. The molecule has 0 aromatic heterocycles. The fourth-order valence-electron chi connectivity index (χ4n) is 2.14. The van der Waals surface area contributed by atoms with Crippen molar-refractivity contribution in [2.24, 2.45) is 0 Å². The summed E-state index contributed by atoms with van der Waals surface area (Å²) in [4.78, 5) is 49.8. The fourth-order valence-corrected chi connectivity index (χ4v) is 11.4. The van der Waals surface area contributed by atoms with E-state index < -0.39 is 35.4 Å². The molecule has 1 aliphatic heterocycles. The summed E-state index contributed by atoms with van der Waals surface area (Å²) in [5, 5.41) is 0. The first-order chi connectivity index (χ1) is 10.4. The van der Waals surface area contributed by atoms with Crippen molar-refractivity contribution >= 4 is 35.4 Å². The van der Waals surface area contributed by atoms with Crippen LogP contribution in [0.4, 0.5) is 14.4 Å². The summed E-state index contributed by atoms with van der Waals surface area (Å²) >= 11 is -6.22. The molecule has 22 heavy (non-hydrogen) atoms. The van der Waals surface area contributed by atoms with Crippen molar-refractivity contribution in [3.63, 3.8) is 0 Å². The molecule has 0 bridgehead atoms. The molecule has 0 fully saturated rings. The number of benzene rings is 1. The second kappa shape index (κ2) is 5.23. The van der Waals surface area contributed by atoms with Gasteiger partial charge in [-0.2, -0.15) is 0 Å². The van der Waals surface area contributed by atoms with E-state index in [-0.39, 0.29) is 9.13 Å². The summed E-state index contributed by atoms with van der Waals surface area (Å²) in [5.41, 5.74) is -0.0576.